The van der Waals surface area contributed by atoms with Crippen LogP contribution in [0.3, 0.4) is 0 Å². The zero-order valence-corrected chi connectivity index (χ0v) is 17.7. The van der Waals surface area contributed by atoms with Crippen molar-refractivity contribution in [1.29, 1.82) is 0 Å². The maximum Gasteiger partial charge on any atom is 0.274 e. The molecule has 154 valence electrons. The highest BCUT2D eigenvalue weighted by Gasteiger charge is 2.27. The van der Waals surface area contributed by atoms with E-state index in [9.17, 15) is 4.79 Å². The van der Waals surface area contributed by atoms with Gasteiger partial charge in [-0.05, 0) is 57.9 Å². The van der Waals surface area contributed by atoms with Crippen molar-refractivity contribution in [3.8, 4) is 0 Å². The zero-order valence-electron chi connectivity index (χ0n) is 17.7. The molecule has 1 saturated heterocycles. The highest BCUT2D eigenvalue weighted by molar-refractivity contribution is 5.92. The number of hydrogen-bond donors (Lipinski definition) is 1. The number of carbonyl (C=O) groups excluding carboxylic acids is 1. The number of amides is 1. The average molecular weight is 402 g/mol. The van der Waals surface area contributed by atoms with Gasteiger partial charge in [0.1, 0.15) is 5.69 Å². The topological polar surface area (TPSA) is 71.0 Å². The first kappa shape index (κ1) is 20.0. The molecule has 6 heteroatoms. The Morgan fingerprint density at radius 3 is 2.53 bits per heavy atom. The first-order chi connectivity index (χ1) is 14.5. The summed E-state index contributed by atoms with van der Waals surface area (Å²) in [6.07, 6.45) is 5.17. The molecule has 1 fully saturated rings. The number of hydrogen-bond acceptors (Lipinski definition) is 5. The van der Waals surface area contributed by atoms with Crippen LogP contribution in [-0.2, 0) is 0 Å². The monoisotopic (exact) mass is 401 g/mol. The van der Waals surface area contributed by atoms with E-state index in [1.54, 1.807) is 12.4 Å². The maximum atomic E-state index is 12.9. The Morgan fingerprint density at radius 1 is 1.00 bits per heavy atom. The van der Waals surface area contributed by atoms with E-state index in [0.29, 0.717) is 12.2 Å². The van der Waals surface area contributed by atoms with Gasteiger partial charge < -0.3 is 10.2 Å². The van der Waals surface area contributed by atoms with Gasteiger partial charge in [-0.3, -0.25) is 14.8 Å². The standard InChI is InChI=1S/C24H27N5O/c1-16-6-8-20(9-7-16)28-21-11-17(2)27-22(12-21)19-5-4-10-29(15-19)24(30)23-14-25-18(3)13-26-23/h6-9,11-14,19H,4-5,10,15H2,1-3H3,(H,27,28)/t19-/m1/s1. The molecule has 3 aromatic rings. The van der Waals surface area contributed by atoms with E-state index >= 15 is 0 Å². The van der Waals surface area contributed by atoms with Crippen molar-refractivity contribution in [3.63, 3.8) is 0 Å². The lowest BCUT2D eigenvalue weighted by Gasteiger charge is -2.32. The molecule has 1 atom stereocenters. The Bertz CT molecular complexity index is 1030. The van der Waals surface area contributed by atoms with Crippen molar-refractivity contribution in [3.05, 3.63) is 77.1 Å². The number of piperidine rings is 1. The van der Waals surface area contributed by atoms with Crippen LogP contribution in [0.4, 0.5) is 11.4 Å². The molecule has 0 bridgehead atoms. The predicted octanol–water partition coefficient (Wildman–Crippen LogP) is 4.56. The number of anilines is 2. The summed E-state index contributed by atoms with van der Waals surface area (Å²) in [5.74, 6) is 0.150. The van der Waals surface area contributed by atoms with Crippen LogP contribution < -0.4 is 5.32 Å². The molecule has 1 N–H and O–H groups in total. The van der Waals surface area contributed by atoms with Gasteiger partial charge in [-0.2, -0.15) is 0 Å². The van der Waals surface area contributed by atoms with Gasteiger partial charge in [-0.15, -0.1) is 0 Å². The largest absolute Gasteiger partial charge is 0.355 e. The highest BCUT2D eigenvalue weighted by atomic mass is 16.2. The fraction of sp³-hybridized carbons (Fsp3) is 0.333. The van der Waals surface area contributed by atoms with Gasteiger partial charge in [0.15, 0.2) is 0 Å². The van der Waals surface area contributed by atoms with E-state index in [2.05, 4.69) is 58.6 Å². The summed E-state index contributed by atoms with van der Waals surface area (Å²) in [6, 6.07) is 12.5. The predicted molar refractivity (Wildman–Crippen MR) is 118 cm³/mol. The number of nitrogens with zero attached hydrogens (tertiary/aromatic N) is 4. The number of aryl methyl sites for hydroxylation is 3. The number of aromatic nitrogens is 3. The smallest absolute Gasteiger partial charge is 0.274 e. The van der Waals surface area contributed by atoms with Crippen LogP contribution in [0.5, 0.6) is 0 Å². The molecule has 1 aromatic carbocycles. The summed E-state index contributed by atoms with van der Waals surface area (Å²) in [4.78, 5) is 28.0. The molecule has 3 heterocycles. The molecule has 0 saturated carbocycles. The molecule has 0 radical (unpaired) electrons. The Labute approximate surface area is 177 Å². The van der Waals surface area contributed by atoms with Crippen LogP contribution in [-0.4, -0.2) is 38.8 Å². The summed E-state index contributed by atoms with van der Waals surface area (Å²) in [5, 5.41) is 3.48. The average Bonchev–Trinajstić information content (AvgIpc) is 2.75. The van der Waals surface area contributed by atoms with E-state index in [1.165, 1.54) is 5.56 Å². The van der Waals surface area contributed by atoms with Gasteiger partial charge in [0.05, 0.1) is 11.9 Å². The SMILES string of the molecule is Cc1ccc(Nc2cc(C)nc([C@@H]3CCCN(C(=O)c4cnc(C)cn4)C3)c2)cc1. The summed E-state index contributed by atoms with van der Waals surface area (Å²) in [6.45, 7) is 7.35. The van der Waals surface area contributed by atoms with Crippen molar-refractivity contribution >= 4 is 17.3 Å². The van der Waals surface area contributed by atoms with Crippen LogP contribution in [0, 0.1) is 20.8 Å². The van der Waals surface area contributed by atoms with Crippen LogP contribution in [0.25, 0.3) is 0 Å². The van der Waals surface area contributed by atoms with Gasteiger partial charge >= 0.3 is 0 Å². The Hall–Kier alpha value is -3.28. The Morgan fingerprint density at radius 2 is 1.80 bits per heavy atom. The van der Waals surface area contributed by atoms with Gasteiger partial charge in [-0.1, -0.05) is 17.7 Å². The van der Waals surface area contributed by atoms with Crippen molar-refractivity contribution in [2.75, 3.05) is 18.4 Å². The lowest BCUT2D eigenvalue weighted by atomic mass is 9.93. The van der Waals surface area contributed by atoms with Crippen molar-refractivity contribution in [2.45, 2.75) is 39.5 Å². The molecule has 0 spiro atoms. The highest BCUT2D eigenvalue weighted by Crippen LogP contribution is 2.29. The molecule has 0 aliphatic carbocycles. The minimum absolute atomic E-state index is 0.0575. The van der Waals surface area contributed by atoms with Gasteiger partial charge in [0, 0.05) is 48.0 Å². The van der Waals surface area contributed by atoms with E-state index < -0.39 is 0 Å². The number of rotatable bonds is 4. The van der Waals surface area contributed by atoms with E-state index in [4.69, 9.17) is 4.98 Å². The fourth-order valence-corrected chi connectivity index (χ4v) is 3.85. The molecular formula is C24H27N5O. The second-order valence-electron chi connectivity index (χ2n) is 8.05. The summed E-state index contributed by atoms with van der Waals surface area (Å²) in [5.41, 5.74) is 6.51. The Kier molecular flexibility index (Phi) is 5.74. The van der Waals surface area contributed by atoms with E-state index in [-0.39, 0.29) is 11.8 Å². The summed E-state index contributed by atoms with van der Waals surface area (Å²) in [7, 11) is 0. The molecule has 0 unspecified atom stereocenters. The molecule has 2 aromatic heterocycles. The first-order valence-corrected chi connectivity index (χ1v) is 10.4. The Balaban J connectivity index is 1.51. The lowest BCUT2D eigenvalue weighted by Crippen LogP contribution is -2.39. The normalized spacial score (nSPS) is 16.4. The molecule has 30 heavy (non-hydrogen) atoms. The number of benzene rings is 1. The van der Waals surface area contributed by atoms with E-state index in [0.717, 1.165) is 47.8 Å². The van der Waals surface area contributed by atoms with Crippen molar-refractivity contribution < 1.29 is 4.79 Å². The summed E-state index contributed by atoms with van der Waals surface area (Å²) < 4.78 is 0. The minimum atomic E-state index is -0.0575. The van der Waals surface area contributed by atoms with Gasteiger partial charge in [0.25, 0.3) is 5.91 Å². The van der Waals surface area contributed by atoms with Crippen LogP contribution in [0.1, 0.15) is 51.9 Å². The van der Waals surface area contributed by atoms with Gasteiger partial charge in [0.2, 0.25) is 0 Å². The molecule has 6 nitrogen and oxygen atoms in total. The number of pyridine rings is 1. The second-order valence-corrected chi connectivity index (χ2v) is 8.05. The third-order valence-electron chi connectivity index (χ3n) is 5.44. The molecular weight excluding hydrogens is 374 g/mol. The minimum Gasteiger partial charge on any atom is -0.355 e. The van der Waals surface area contributed by atoms with Crippen LogP contribution in [0.15, 0.2) is 48.8 Å². The van der Waals surface area contributed by atoms with Crippen molar-refractivity contribution in [1.82, 2.24) is 19.9 Å². The molecule has 1 aliphatic rings. The molecule has 1 amide bonds. The van der Waals surface area contributed by atoms with Crippen LogP contribution >= 0.6 is 0 Å². The first-order valence-electron chi connectivity index (χ1n) is 10.4. The fourth-order valence-electron chi connectivity index (χ4n) is 3.85. The molecule has 1 aliphatic heterocycles. The zero-order chi connectivity index (χ0) is 21.1. The maximum absolute atomic E-state index is 12.9. The van der Waals surface area contributed by atoms with E-state index in [1.807, 2.05) is 18.7 Å². The quantitative estimate of drug-likeness (QED) is 0.694. The lowest BCUT2D eigenvalue weighted by molar-refractivity contribution is 0.0699. The summed E-state index contributed by atoms with van der Waals surface area (Å²) >= 11 is 0. The van der Waals surface area contributed by atoms with Gasteiger partial charge in [-0.25, -0.2) is 4.98 Å². The third-order valence-corrected chi connectivity index (χ3v) is 5.44. The number of carbonyl (C=O) groups is 1. The number of likely N-dealkylation sites (tertiary alicyclic amines) is 1. The van der Waals surface area contributed by atoms with Crippen LogP contribution in [0.2, 0.25) is 0 Å². The number of nitrogens with one attached hydrogen (secondary N) is 1. The molecule has 4 rings (SSSR count). The van der Waals surface area contributed by atoms with Crippen molar-refractivity contribution in [2.24, 2.45) is 0 Å². The third kappa shape index (κ3) is 4.64. The second kappa shape index (κ2) is 8.61.